The topological polar surface area (TPSA) is 32.3 Å². The third-order valence-corrected chi connectivity index (χ3v) is 4.36. The average Bonchev–Trinajstić information content (AvgIpc) is 2.80. The number of carbonyl (C=O) groups is 1. The Labute approximate surface area is 115 Å². The summed E-state index contributed by atoms with van der Waals surface area (Å²) < 4.78 is 0. The van der Waals surface area contributed by atoms with E-state index in [1.165, 1.54) is 12.8 Å². The molecule has 3 heteroatoms. The largest absolute Gasteiger partial charge is 0.337 e. The number of amides is 1. The van der Waals surface area contributed by atoms with Gasteiger partial charge in [0.2, 0.25) is 0 Å². The Morgan fingerprint density at radius 1 is 1.21 bits per heavy atom. The van der Waals surface area contributed by atoms with Crippen molar-refractivity contribution in [1.29, 1.82) is 0 Å². The van der Waals surface area contributed by atoms with E-state index in [-0.39, 0.29) is 5.91 Å². The van der Waals surface area contributed by atoms with Crippen molar-refractivity contribution in [2.75, 3.05) is 19.6 Å². The summed E-state index contributed by atoms with van der Waals surface area (Å²) >= 11 is 0. The van der Waals surface area contributed by atoms with Crippen molar-refractivity contribution in [3.63, 3.8) is 0 Å². The first-order chi connectivity index (χ1) is 9.13. The number of likely N-dealkylation sites (tertiary alicyclic amines) is 1. The highest BCUT2D eigenvalue weighted by atomic mass is 16.2. The molecular formula is C16H22N2O. The van der Waals surface area contributed by atoms with E-state index in [4.69, 9.17) is 0 Å². The molecule has 2 atom stereocenters. The van der Waals surface area contributed by atoms with E-state index in [0.29, 0.717) is 12.0 Å². The van der Waals surface area contributed by atoms with Crippen LogP contribution in [0.25, 0.3) is 0 Å². The van der Waals surface area contributed by atoms with Crippen LogP contribution in [0.15, 0.2) is 18.2 Å². The summed E-state index contributed by atoms with van der Waals surface area (Å²) in [5, 5.41) is 3.55. The SMILES string of the molecule is Cc1cc(C)cc(C(=O)N2C[C@@H]3CCCN[C@@H]3C2)c1. The number of hydrogen-bond donors (Lipinski definition) is 1. The van der Waals surface area contributed by atoms with E-state index in [1.54, 1.807) is 0 Å². The van der Waals surface area contributed by atoms with Crippen molar-refractivity contribution in [2.24, 2.45) is 5.92 Å². The fourth-order valence-corrected chi connectivity index (χ4v) is 3.49. The standard InChI is InChI=1S/C16H22N2O/c1-11-6-12(2)8-14(7-11)16(19)18-9-13-4-3-5-17-15(13)10-18/h6-8,13,15,17H,3-5,9-10H2,1-2H3/t13-,15+/m0/s1. The molecule has 0 aromatic heterocycles. The molecule has 2 aliphatic rings. The van der Waals surface area contributed by atoms with E-state index < -0.39 is 0 Å². The van der Waals surface area contributed by atoms with Crippen LogP contribution in [0.1, 0.15) is 34.3 Å². The maximum absolute atomic E-state index is 12.6. The Balaban J connectivity index is 1.77. The quantitative estimate of drug-likeness (QED) is 0.837. The molecule has 1 aromatic rings. The summed E-state index contributed by atoms with van der Waals surface area (Å²) in [6, 6.07) is 6.64. The molecule has 1 N–H and O–H groups in total. The highest BCUT2D eigenvalue weighted by molar-refractivity contribution is 5.94. The lowest BCUT2D eigenvalue weighted by molar-refractivity contribution is 0.0785. The second kappa shape index (κ2) is 4.97. The predicted octanol–water partition coefficient (Wildman–Crippen LogP) is 2.13. The molecule has 0 bridgehead atoms. The minimum atomic E-state index is 0.197. The summed E-state index contributed by atoms with van der Waals surface area (Å²) in [6.45, 7) is 7.00. The lowest BCUT2D eigenvalue weighted by atomic mass is 9.94. The molecule has 0 radical (unpaired) electrons. The van der Waals surface area contributed by atoms with Crippen LogP contribution in [0.4, 0.5) is 0 Å². The molecule has 2 saturated heterocycles. The number of hydrogen-bond acceptors (Lipinski definition) is 2. The van der Waals surface area contributed by atoms with Gasteiger partial charge in [-0.25, -0.2) is 0 Å². The first-order valence-electron chi connectivity index (χ1n) is 7.24. The Hall–Kier alpha value is -1.35. The number of nitrogens with one attached hydrogen (secondary N) is 1. The summed E-state index contributed by atoms with van der Waals surface area (Å²) in [4.78, 5) is 14.6. The van der Waals surface area contributed by atoms with Crippen molar-refractivity contribution in [1.82, 2.24) is 10.2 Å². The second-order valence-electron chi connectivity index (χ2n) is 6.05. The van der Waals surface area contributed by atoms with Crippen LogP contribution in [0, 0.1) is 19.8 Å². The fraction of sp³-hybridized carbons (Fsp3) is 0.562. The fourth-order valence-electron chi connectivity index (χ4n) is 3.49. The van der Waals surface area contributed by atoms with Crippen molar-refractivity contribution in [2.45, 2.75) is 32.7 Å². The number of rotatable bonds is 1. The van der Waals surface area contributed by atoms with E-state index >= 15 is 0 Å². The molecule has 0 unspecified atom stereocenters. The van der Waals surface area contributed by atoms with E-state index in [2.05, 4.69) is 25.2 Å². The van der Waals surface area contributed by atoms with Crippen molar-refractivity contribution >= 4 is 5.91 Å². The van der Waals surface area contributed by atoms with Gasteiger partial charge in [-0.3, -0.25) is 4.79 Å². The van der Waals surface area contributed by atoms with E-state index in [9.17, 15) is 4.79 Å². The summed E-state index contributed by atoms with van der Waals surface area (Å²) in [5.74, 6) is 0.853. The van der Waals surface area contributed by atoms with E-state index in [1.807, 2.05) is 17.0 Å². The molecule has 3 rings (SSSR count). The number of piperidine rings is 1. The lowest BCUT2D eigenvalue weighted by Gasteiger charge is -2.24. The van der Waals surface area contributed by atoms with Gasteiger partial charge in [-0.1, -0.05) is 17.2 Å². The van der Waals surface area contributed by atoms with Gasteiger partial charge in [0.1, 0.15) is 0 Å². The molecular weight excluding hydrogens is 236 g/mol. The zero-order chi connectivity index (χ0) is 13.4. The average molecular weight is 258 g/mol. The first kappa shape index (κ1) is 12.7. The maximum Gasteiger partial charge on any atom is 0.253 e. The monoisotopic (exact) mass is 258 g/mol. The molecule has 2 aliphatic heterocycles. The van der Waals surface area contributed by atoms with Gasteiger partial charge in [-0.2, -0.15) is 0 Å². The molecule has 1 aromatic carbocycles. The van der Waals surface area contributed by atoms with Crippen molar-refractivity contribution in [3.8, 4) is 0 Å². The van der Waals surface area contributed by atoms with Crippen molar-refractivity contribution in [3.05, 3.63) is 34.9 Å². The van der Waals surface area contributed by atoms with Crippen molar-refractivity contribution < 1.29 is 4.79 Å². The third kappa shape index (κ3) is 2.52. The Bertz CT molecular complexity index is 463. The van der Waals surface area contributed by atoms with Crippen LogP contribution in [-0.4, -0.2) is 36.5 Å². The maximum atomic E-state index is 12.6. The van der Waals surface area contributed by atoms with Gasteiger partial charge in [-0.05, 0) is 51.3 Å². The Morgan fingerprint density at radius 2 is 1.95 bits per heavy atom. The number of nitrogens with zero attached hydrogens (tertiary/aromatic N) is 1. The van der Waals surface area contributed by atoms with Crippen LogP contribution in [0.2, 0.25) is 0 Å². The number of fused-ring (bicyclic) bond motifs is 1. The predicted molar refractivity (Wildman–Crippen MR) is 76.3 cm³/mol. The lowest BCUT2D eigenvalue weighted by Crippen LogP contribution is -2.41. The van der Waals surface area contributed by atoms with Crippen LogP contribution in [0.3, 0.4) is 0 Å². The van der Waals surface area contributed by atoms with Gasteiger partial charge in [0.25, 0.3) is 5.91 Å². The first-order valence-corrected chi connectivity index (χ1v) is 7.24. The molecule has 0 spiro atoms. The molecule has 2 heterocycles. The van der Waals surface area contributed by atoms with Gasteiger partial charge in [0.15, 0.2) is 0 Å². The number of aryl methyl sites for hydroxylation is 2. The minimum absolute atomic E-state index is 0.197. The van der Waals surface area contributed by atoms with E-state index in [0.717, 1.165) is 36.3 Å². The zero-order valence-corrected chi connectivity index (χ0v) is 11.8. The molecule has 1 amide bonds. The molecule has 102 valence electrons. The third-order valence-electron chi connectivity index (χ3n) is 4.36. The van der Waals surface area contributed by atoms with Gasteiger partial charge in [0.05, 0.1) is 0 Å². The highest BCUT2D eigenvalue weighted by Gasteiger charge is 2.36. The van der Waals surface area contributed by atoms with Crippen LogP contribution in [0.5, 0.6) is 0 Å². The summed E-state index contributed by atoms with van der Waals surface area (Å²) in [6.07, 6.45) is 2.50. The molecule has 0 aliphatic carbocycles. The van der Waals surface area contributed by atoms with Crippen LogP contribution in [-0.2, 0) is 0 Å². The summed E-state index contributed by atoms with van der Waals surface area (Å²) in [7, 11) is 0. The van der Waals surface area contributed by atoms with Gasteiger partial charge < -0.3 is 10.2 Å². The normalized spacial score (nSPS) is 26.3. The van der Waals surface area contributed by atoms with Gasteiger partial charge in [-0.15, -0.1) is 0 Å². The number of benzene rings is 1. The van der Waals surface area contributed by atoms with Gasteiger partial charge >= 0.3 is 0 Å². The van der Waals surface area contributed by atoms with Gasteiger partial charge in [0, 0.05) is 24.7 Å². The molecule has 3 nitrogen and oxygen atoms in total. The smallest absolute Gasteiger partial charge is 0.253 e. The molecule has 0 saturated carbocycles. The molecule has 19 heavy (non-hydrogen) atoms. The second-order valence-corrected chi connectivity index (χ2v) is 6.05. The Kier molecular flexibility index (Phi) is 3.31. The van der Waals surface area contributed by atoms with Crippen LogP contribution >= 0.6 is 0 Å². The molecule has 2 fully saturated rings. The highest BCUT2D eigenvalue weighted by Crippen LogP contribution is 2.26. The van der Waals surface area contributed by atoms with Crippen LogP contribution < -0.4 is 5.32 Å². The minimum Gasteiger partial charge on any atom is -0.337 e. The summed E-state index contributed by atoms with van der Waals surface area (Å²) in [5.41, 5.74) is 3.17. The number of carbonyl (C=O) groups excluding carboxylic acids is 1. The zero-order valence-electron chi connectivity index (χ0n) is 11.8. The Morgan fingerprint density at radius 3 is 2.63 bits per heavy atom.